The minimum absolute atomic E-state index is 0.102. The fourth-order valence-electron chi connectivity index (χ4n) is 4.48. The molecule has 2 aliphatic rings. The number of fused-ring (bicyclic) bond motifs is 2. The van der Waals surface area contributed by atoms with Crippen LogP contribution in [0.3, 0.4) is 0 Å². The highest BCUT2D eigenvalue weighted by molar-refractivity contribution is 7.89. The standard InChI is InChI=1S/C21H23ClFN3O4S/c1-12-16(23)6-3-7-17(12)24-21(28)25-18-11-10-15(22)20(19(18)27)31(29,30)26-13-4-2-5-14(26)9-8-13/h3,6-7,10-11,13-14,27H,2,4-5,8-9H2,1H3,(H2,24,25,28)/t13-,14-/m1/s1. The molecule has 2 atom stereocenters. The highest BCUT2D eigenvalue weighted by Gasteiger charge is 2.46. The van der Waals surface area contributed by atoms with Crippen LogP contribution in [0.5, 0.6) is 5.75 Å². The molecule has 0 radical (unpaired) electrons. The van der Waals surface area contributed by atoms with E-state index < -0.39 is 32.5 Å². The number of phenols is 1. The third kappa shape index (κ3) is 3.97. The van der Waals surface area contributed by atoms with E-state index in [2.05, 4.69) is 10.6 Å². The Balaban J connectivity index is 1.62. The van der Waals surface area contributed by atoms with Crippen molar-refractivity contribution in [3.05, 3.63) is 46.7 Å². The van der Waals surface area contributed by atoms with Crippen molar-refractivity contribution in [3.63, 3.8) is 0 Å². The van der Waals surface area contributed by atoms with Crippen LogP contribution in [0, 0.1) is 12.7 Å². The number of nitrogens with zero attached hydrogens (tertiary/aromatic N) is 1. The molecule has 2 fully saturated rings. The van der Waals surface area contributed by atoms with E-state index in [9.17, 15) is 22.7 Å². The topological polar surface area (TPSA) is 98.7 Å². The molecule has 0 saturated carbocycles. The summed E-state index contributed by atoms with van der Waals surface area (Å²) in [5, 5.41) is 15.5. The number of carbonyl (C=O) groups is 1. The number of halogens is 2. The van der Waals surface area contributed by atoms with Crippen LogP contribution in [-0.4, -0.2) is 35.9 Å². The molecular formula is C21H23ClFN3O4S. The zero-order chi connectivity index (χ0) is 22.3. The maximum absolute atomic E-state index is 13.7. The number of hydrogen-bond acceptors (Lipinski definition) is 4. The Morgan fingerprint density at radius 3 is 2.42 bits per heavy atom. The number of hydrogen-bond donors (Lipinski definition) is 3. The number of aromatic hydroxyl groups is 1. The smallest absolute Gasteiger partial charge is 0.323 e. The van der Waals surface area contributed by atoms with Crippen molar-refractivity contribution in [1.29, 1.82) is 0 Å². The Kier molecular flexibility index (Phi) is 5.85. The Morgan fingerprint density at radius 2 is 1.74 bits per heavy atom. The molecule has 2 saturated heterocycles. The summed E-state index contributed by atoms with van der Waals surface area (Å²) in [5.41, 5.74) is 0.393. The molecule has 0 spiro atoms. The second-order valence-corrected chi connectivity index (χ2v) is 10.1. The average Bonchev–Trinajstić information content (AvgIpc) is 2.98. The van der Waals surface area contributed by atoms with Gasteiger partial charge in [-0.3, -0.25) is 0 Å². The van der Waals surface area contributed by atoms with E-state index in [1.165, 1.54) is 41.6 Å². The number of sulfonamides is 1. The number of urea groups is 1. The van der Waals surface area contributed by atoms with Crippen LogP contribution in [0.15, 0.2) is 35.2 Å². The summed E-state index contributed by atoms with van der Waals surface area (Å²) in [7, 11) is -4.06. The molecule has 4 rings (SSSR count). The number of amides is 2. The van der Waals surface area contributed by atoms with Crippen molar-refractivity contribution in [1.82, 2.24) is 4.31 Å². The van der Waals surface area contributed by atoms with Crippen molar-refractivity contribution in [2.75, 3.05) is 10.6 Å². The minimum atomic E-state index is -4.06. The monoisotopic (exact) mass is 467 g/mol. The minimum Gasteiger partial charge on any atom is -0.504 e. The van der Waals surface area contributed by atoms with Gasteiger partial charge in [0.15, 0.2) is 5.75 Å². The van der Waals surface area contributed by atoms with Gasteiger partial charge in [-0.2, -0.15) is 4.31 Å². The Morgan fingerprint density at radius 1 is 1.10 bits per heavy atom. The summed E-state index contributed by atoms with van der Waals surface area (Å²) < 4.78 is 42.0. The van der Waals surface area contributed by atoms with Gasteiger partial charge >= 0.3 is 6.03 Å². The number of anilines is 2. The Hall–Kier alpha value is -2.36. The van der Waals surface area contributed by atoms with Crippen LogP contribution >= 0.6 is 11.6 Å². The zero-order valence-corrected chi connectivity index (χ0v) is 18.4. The van der Waals surface area contributed by atoms with E-state index in [1.54, 1.807) is 0 Å². The first-order valence-corrected chi connectivity index (χ1v) is 11.9. The van der Waals surface area contributed by atoms with Gasteiger partial charge in [0.05, 0.1) is 10.7 Å². The summed E-state index contributed by atoms with van der Waals surface area (Å²) in [6, 6.07) is 5.94. The first kappa shape index (κ1) is 21.9. The van der Waals surface area contributed by atoms with Gasteiger partial charge in [0, 0.05) is 23.3 Å². The van der Waals surface area contributed by atoms with Gasteiger partial charge in [-0.25, -0.2) is 17.6 Å². The van der Waals surface area contributed by atoms with Gasteiger partial charge < -0.3 is 15.7 Å². The van der Waals surface area contributed by atoms with Crippen LogP contribution in [0.4, 0.5) is 20.6 Å². The molecule has 0 aromatic heterocycles. The maximum atomic E-state index is 13.7. The first-order chi connectivity index (χ1) is 14.7. The maximum Gasteiger partial charge on any atom is 0.323 e. The molecule has 166 valence electrons. The fraction of sp³-hybridized carbons (Fsp3) is 0.381. The van der Waals surface area contributed by atoms with Crippen LogP contribution < -0.4 is 10.6 Å². The number of carbonyl (C=O) groups excluding carboxylic acids is 1. The lowest BCUT2D eigenvalue weighted by atomic mass is 10.1. The van der Waals surface area contributed by atoms with Crippen molar-refractivity contribution in [2.24, 2.45) is 0 Å². The second-order valence-electron chi connectivity index (χ2n) is 7.92. The fourth-order valence-corrected chi connectivity index (χ4v) is 7.01. The Labute approximate surface area is 185 Å². The Bertz CT molecular complexity index is 1130. The number of rotatable bonds is 4. The van der Waals surface area contributed by atoms with E-state index >= 15 is 0 Å². The summed E-state index contributed by atoms with van der Waals surface area (Å²) in [6.45, 7) is 1.52. The largest absolute Gasteiger partial charge is 0.504 e. The normalized spacial score (nSPS) is 21.1. The molecule has 2 aromatic carbocycles. The molecule has 2 aromatic rings. The SMILES string of the molecule is Cc1c(F)cccc1NC(=O)Nc1ccc(Cl)c(S(=O)(=O)N2[C@@H]3CCC[C@@H]2CC3)c1O. The van der Waals surface area contributed by atoms with Crippen LogP contribution in [0.25, 0.3) is 0 Å². The van der Waals surface area contributed by atoms with Crippen LogP contribution in [-0.2, 0) is 10.0 Å². The molecular weight excluding hydrogens is 445 g/mol. The van der Waals surface area contributed by atoms with Crippen molar-refractivity contribution < 1.29 is 22.7 Å². The molecule has 31 heavy (non-hydrogen) atoms. The summed E-state index contributed by atoms with van der Waals surface area (Å²) in [6.07, 6.45) is 4.11. The molecule has 2 aliphatic heterocycles. The third-order valence-electron chi connectivity index (χ3n) is 6.01. The van der Waals surface area contributed by atoms with E-state index in [-0.39, 0.29) is 34.0 Å². The van der Waals surface area contributed by atoms with Crippen LogP contribution in [0.2, 0.25) is 5.02 Å². The van der Waals surface area contributed by atoms with Gasteiger partial charge in [-0.05, 0) is 56.9 Å². The van der Waals surface area contributed by atoms with Gasteiger partial charge in [0.1, 0.15) is 10.7 Å². The molecule has 7 nitrogen and oxygen atoms in total. The molecule has 3 N–H and O–H groups in total. The van der Waals surface area contributed by atoms with Crippen molar-refractivity contribution in [3.8, 4) is 5.75 Å². The van der Waals surface area contributed by atoms with Crippen LogP contribution in [0.1, 0.15) is 37.7 Å². The second kappa shape index (κ2) is 8.29. The first-order valence-electron chi connectivity index (χ1n) is 10.1. The highest BCUT2D eigenvalue weighted by Crippen LogP contribution is 2.45. The lowest BCUT2D eigenvalue weighted by Gasteiger charge is -2.34. The van der Waals surface area contributed by atoms with Gasteiger partial charge in [-0.1, -0.05) is 24.1 Å². The number of piperidine rings is 1. The summed E-state index contributed by atoms with van der Waals surface area (Å²) in [4.78, 5) is 12.0. The highest BCUT2D eigenvalue weighted by atomic mass is 35.5. The summed E-state index contributed by atoms with van der Waals surface area (Å²) in [5.74, 6) is -1.10. The van der Waals surface area contributed by atoms with E-state index in [0.717, 1.165) is 32.1 Å². The summed E-state index contributed by atoms with van der Waals surface area (Å²) >= 11 is 6.19. The van der Waals surface area contributed by atoms with E-state index in [4.69, 9.17) is 11.6 Å². The van der Waals surface area contributed by atoms with Crippen molar-refractivity contribution >= 4 is 39.0 Å². The lowest BCUT2D eigenvalue weighted by Crippen LogP contribution is -2.44. The van der Waals surface area contributed by atoms with Gasteiger partial charge in [-0.15, -0.1) is 0 Å². The quantitative estimate of drug-likeness (QED) is 0.560. The average molecular weight is 468 g/mol. The van der Waals surface area contributed by atoms with E-state index in [0.29, 0.717) is 0 Å². The molecule has 0 unspecified atom stereocenters. The van der Waals surface area contributed by atoms with E-state index in [1.807, 2.05) is 0 Å². The van der Waals surface area contributed by atoms with Gasteiger partial charge in [0.2, 0.25) is 10.0 Å². The lowest BCUT2D eigenvalue weighted by molar-refractivity contribution is 0.247. The predicted molar refractivity (Wildman–Crippen MR) is 117 cm³/mol. The number of nitrogens with one attached hydrogen (secondary N) is 2. The molecule has 2 bridgehead atoms. The molecule has 2 heterocycles. The zero-order valence-electron chi connectivity index (χ0n) is 16.9. The molecule has 10 heteroatoms. The number of benzene rings is 2. The number of phenolic OH excluding ortho intramolecular Hbond substituents is 1. The molecule has 2 amide bonds. The van der Waals surface area contributed by atoms with Crippen molar-refractivity contribution in [2.45, 2.75) is 56.0 Å². The molecule has 0 aliphatic carbocycles. The predicted octanol–water partition coefficient (Wildman–Crippen LogP) is 4.84. The van der Waals surface area contributed by atoms with Gasteiger partial charge in [0.25, 0.3) is 0 Å². The third-order valence-corrected chi connectivity index (χ3v) is 8.52.